The van der Waals surface area contributed by atoms with Crippen molar-refractivity contribution >= 4 is 5.91 Å². The van der Waals surface area contributed by atoms with Crippen LogP contribution in [0.5, 0.6) is 5.75 Å². The third-order valence-electron chi connectivity index (χ3n) is 4.05. The Morgan fingerprint density at radius 1 is 1.12 bits per heavy atom. The lowest BCUT2D eigenvalue weighted by Crippen LogP contribution is -2.28. The molecule has 6 heteroatoms. The van der Waals surface area contributed by atoms with Gasteiger partial charge in [-0.05, 0) is 24.5 Å². The first-order chi connectivity index (χ1) is 12.6. The van der Waals surface area contributed by atoms with Crippen LogP contribution in [0, 0.1) is 6.92 Å². The molecular formula is C20H19N3O3. The van der Waals surface area contributed by atoms with Crippen LogP contribution < -0.4 is 10.9 Å². The number of carbonyl (C=O) groups is 1. The topological polar surface area (TPSA) is 95.1 Å². The van der Waals surface area contributed by atoms with E-state index >= 15 is 0 Å². The largest absolute Gasteiger partial charge is 0.501 e. The average Bonchev–Trinajstić information content (AvgIpc) is 2.65. The third kappa shape index (κ3) is 3.80. The van der Waals surface area contributed by atoms with Crippen LogP contribution in [0.3, 0.4) is 0 Å². The molecule has 0 aliphatic rings. The molecule has 132 valence electrons. The minimum Gasteiger partial charge on any atom is -0.501 e. The molecule has 0 saturated carbocycles. The van der Waals surface area contributed by atoms with Crippen LogP contribution in [-0.2, 0) is 6.42 Å². The fourth-order valence-corrected chi connectivity index (χ4v) is 2.64. The molecule has 6 nitrogen and oxygen atoms in total. The van der Waals surface area contributed by atoms with Crippen LogP contribution in [0.25, 0.3) is 11.4 Å². The van der Waals surface area contributed by atoms with Gasteiger partial charge in [0.2, 0.25) is 5.75 Å². The standard InChI is InChI=1S/C20H19N3O3/c1-13-7-5-6-10-15(13)18-22-16(17(24)20(26)23-18)19(25)21-12-11-14-8-3-2-4-9-14/h2-10,24H,11-12H2,1H3,(H,21,25)(H,22,23,26). The molecule has 0 fully saturated rings. The number of aromatic nitrogens is 2. The second kappa shape index (κ2) is 7.65. The van der Waals surface area contributed by atoms with Gasteiger partial charge in [0, 0.05) is 12.1 Å². The second-order valence-corrected chi connectivity index (χ2v) is 5.92. The van der Waals surface area contributed by atoms with Gasteiger partial charge in [0.05, 0.1) is 0 Å². The predicted octanol–water partition coefficient (Wildman–Crippen LogP) is 2.42. The van der Waals surface area contributed by atoms with Crippen molar-refractivity contribution in [3.8, 4) is 17.1 Å². The van der Waals surface area contributed by atoms with Gasteiger partial charge in [-0.1, -0.05) is 54.6 Å². The number of nitrogens with one attached hydrogen (secondary N) is 2. The summed E-state index contributed by atoms with van der Waals surface area (Å²) in [6, 6.07) is 17.1. The number of benzene rings is 2. The van der Waals surface area contributed by atoms with Crippen LogP contribution in [0.4, 0.5) is 0 Å². The van der Waals surface area contributed by atoms with Gasteiger partial charge < -0.3 is 15.4 Å². The van der Waals surface area contributed by atoms with Crippen molar-refractivity contribution in [2.45, 2.75) is 13.3 Å². The van der Waals surface area contributed by atoms with Crippen molar-refractivity contribution in [1.29, 1.82) is 0 Å². The summed E-state index contributed by atoms with van der Waals surface area (Å²) >= 11 is 0. The summed E-state index contributed by atoms with van der Waals surface area (Å²) in [5.41, 5.74) is 1.66. The van der Waals surface area contributed by atoms with E-state index in [4.69, 9.17) is 0 Å². The molecule has 0 radical (unpaired) electrons. The van der Waals surface area contributed by atoms with Crippen LogP contribution >= 0.6 is 0 Å². The van der Waals surface area contributed by atoms with Crippen LogP contribution in [0.15, 0.2) is 59.4 Å². The smallest absolute Gasteiger partial charge is 0.294 e. The molecular weight excluding hydrogens is 330 g/mol. The lowest BCUT2D eigenvalue weighted by Gasteiger charge is -2.09. The van der Waals surface area contributed by atoms with Crippen LogP contribution in [0.2, 0.25) is 0 Å². The van der Waals surface area contributed by atoms with Crippen molar-refractivity contribution in [3.63, 3.8) is 0 Å². The van der Waals surface area contributed by atoms with Crippen LogP contribution in [-0.4, -0.2) is 27.5 Å². The number of H-pyrrole nitrogens is 1. The molecule has 0 saturated heterocycles. The Bertz CT molecular complexity index is 981. The van der Waals surface area contributed by atoms with Gasteiger partial charge in [-0.25, -0.2) is 4.98 Å². The Balaban J connectivity index is 1.81. The molecule has 0 aliphatic heterocycles. The average molecular weight is 349 g/mol. The SMILES string of the molecule is Cc1ccccc1-c1nc(C(=O)NCCc2ccccc2)c(O)c(=O)[nH]1. The monoisotopic (exact) mass is 349 g/mol. The van der Waals surface area contributed by atoms with E-state index in [1.807, 2.05) is 55.5 Å². The fourth-order valence-electron chi connectivity index (χ4n) is 2.64. The quantitative estimate of drug-likeness (QED) is 0.659. The van der Waals surface area contributed by atoms with E-state index in [2.05, 4.69) is 15.3 Å². The lowest BCUT2D eigenvalue weighted by molar-refractivity contribution is 0.0946. The summed E-state index contributed by atoms with van der Waals surface area (Å²) in [6.45, 7) is 2.25. The molecule has 0 spiro atoms. The number of hydrogen-bond donors (Lipinski definition) is 3. The van der Waals surface area contributed by atoms with E-state index in [0.29, 0.717) is 18.5 Å². The number of aryl methyl sites for hydroxylation is 1. The molecule has 1 aromatic heterocycles. The van der Waals surface area contributed by atoms with Crippen molar-refractivity contribution in [2.24, 2.45) is 0 Å². The molecule has 26 heavy (non-hydrogen) atoms. The van der Waals surface area contributed by atoms with E-state index in [1.54, 1.807) is 6.07 Å². The molecule has 2 aromatic carbocycles. The Morgan fingerprint density at radius 3 is 2.54 bits per heavy atom. The van der Waals surface area contributed by atoms with E-state index < -0.39 is 17.2 Å². The maximum absolute atomic E-state index is 12.4. The zero-order chi connectivity index (χ0) is 18.5. The first kappa shape index (κ1) is 17.4. The van der Waals surface area contributed by atoms with Crippen LogP contribution in [0.1, 0.15) is 21.6 Å². The maximum atomic E-state index is 12.4. The number of amides is 1. The summed E-state index contributed by atoms with van der Waals surface area (Å²) < 4.78 is 0. The first-order valence-corrected chi connectivity index (χ1v) is 8.27. The summed E-state index contributed by atoms with van der Waals surface area (Å²) in [4.78, 5) is 31.1. The normalized spacial score (nSPS) is 10.5. The zero-order valence-corrected chi connectivity index (χ0v) is 14.3. The third-order valence-corrected chi connectivity index (χ3v) is 4.05. The van der Waals surface area contributed by atoms with Gasteiger partial charge in [-0.15, -0.1) is 0 Å². The Labute approximate surface area is 150 Å². The number of nitrogens with zero attached hydrogens (tertiary/aromatic N) is 1. The summed E-state index contributed by atoms with van der Waals surface area (Å²) in [6.07, 6.45) is 0.640. The highest BCUT2D eigenvalue weighted by atomic mass is 16.3. The molecule has 3 N–H and O–H groups in total. The Hall–Kier alpha value is -3.41. The summed E-state index contributed by atoms with van der Waals surface area (Å²) in [5.74, 6) is -1.02. The zero-order valence-electron chi connectivity index (χ0n) is 14.3. The Morgan fingerprint density at radius 2 is 1.81 bits per heavy atom. The second-order valence-electron chi connectivity index (χ2n) is 5.92. The highest BCUT2D eigenvalue weighted by Crippen LogP contribution is 2.20. The predicted molar refractivity (Wildman–Crippen MR) is 99.2 cm³/mol. The molecule has 0 bridgehead atoms. The van der Waals surface area contributed by atoms with Crippen molar-refractivity contribution in [2.75, 3.05) is 6.54 Å². The van der Waals surface area contributed by atoms with Gasteiger partial charge in [0.25, 0.3) is 11.5 Å². The van der Waals surface area contributed by atoms with E-state index in [9.17, 15) is 14.7 Å². The van der Waals surface area contributed by atoms with Gasteiger partial charge in [-0.3, -0.25) is 9.59 Å². The molecule has 0 unspecified atom stereocenters. The van der Waals surface area contributed by atoms with E-state index in [1.165, 1.54) is 0 Å². The summed E-state index contributed by atoms with van der Waals surface area (Å²) in [7, 11) is 0. The molecule has 1 heterocycles. The van der Waals surface area contributed by atoms with Gasteiger partial charge in [0.15, 0.2) is 5.69 Å². The number of hydrogen-bond acceptors (Lipinski definition) is 4. The van der Waals surface area contributed by atoms with Gasteiger partial charge >= 0.3 is 0 Å². The number of rotatable bonds is 5. The minimum atomic E-state index is -0.744. The van der Waals surface area contributed by atoms with Crippen molar-refractivity contribution in [1.82, 2.24) is 15.3 Å². The van der Waals surface area contributed by atoms with Crippen molar-refractivity contribution in [3.05, 3.63) is 81.8 Å². The number of carbonyl (C=O) groups excluding carboxylic acids is 1. The van der Waals surface area contributed by atoms with E-state index in [-0.39, 0.29) is 11.5 Å². The molecule has 1 amide bonds. The molecule has 3 aromatic rings. The highest BCUT2D eigenvalue weighted by molar-refractivity contribution is 5.95. The molecule has 3 rings (SSSR count). The maximum Gasteiger partial charge on any atom is 0.294 e. The van der Waals surface area contributed by atoms with Gasteiger partial charge in [0.1, 0.15) is 5.82 Å². The Kier molecular flexibility index (Phi) is 5.12. The number of aromatic hydroxyl groups is 1. The van der Waals surface area contributed by atoms with Crippen molar-refractivity contribution < 1.29 is 9.90 Å². The first-order valence-electron chi connectivity index (χ1n) is 8.27. The number of aromatic amines is 1. The molecule has 0 atom stereocenters. The fraction of sp³-hybridized carbons (Fsp3) is 0.150. The minimum absolute atomic E-state index is 0.249. The van der Waals surface area contributed by atoms with E-state index in [0.717, 1.165) is 11.1 Å². The summed E-state index contributed by atoms with van der Waals surface area (Å²) in [5, 5.41) is 12.7. The highest BCUT2D eigenvalue weighted by Gasteiger charge is 2.18. The molecule has 0 aliphatic carbocycles. The van der Waals surface area contributed by atoms with Gasteiger partial charge in [-0.2, -0.15) is 0 Å². The lowest BCUT2D eigenvalue weighted by atomic mass is 10.1.